The van der Waals surface area contributed by atoms with E-state index in [1.165, 1.54) is 0 Å². The van der Waals surface area contributed by atoms with E-state index >= 15 is 0 Å². The van der Waals surface area contributed by atoms with Gasteiger partial charge in [-0.15, -0.1) is 0 Å². The Morgan fingerprint density at radius 3 is 2.70 bits per heavy atom. The van der Waals surface area contributed by atoms with Crippen LogP contribution in [0.15, 0.2) is 71.9 Å². The number of hydrogen-bond acceptors (Lipinski definition) is 3. The van der Waals surface area contributed by atoms with Crippen LogP contribution in [-0.2, 0) is 0 Å². The zero-order valence-electron chi connectivity index (χ0n) is 12.9. The molecule has 0 aliphatic carbocycles. The van der Waals surface area contributed by atoms with E-state index in [0.717, 1.165) is 22.8 Å². The van der Waals surface area contributed by atoms with Gasteiger partial charge in [-0.3, -0.25) is 4.99 Å². The van der Waals surface area contributed by atoms with Crippen molar-refractivity contribution in [3.05, 3.63) is 72.6 Å². The Kier molecular flexibility index (Phi) is 4.43. The van der Waals surface area contributed by atoms with Crippen LogP contribution >= 0.6 is 0 Å². The van der Waals surface area contributed by atoms with Crippen molar-refractivity contribution in [3.63, 3.8) is 0 Å². The topological polar surface area (TPSA) is 46.8 Å². The first-order valence-electron chi connectivity index (χ1n) is 7.50. The Labute approximate surface area is 135 Å². The van der Waals surface area contributed by atoms with Crippen LogP contribution in [0, 0.1) is 0 Å². The number of nitrogens with zero attached hydrogens (tertiary/aromatic N) is 2. The summed E-state index contributed by atoms with van der Waals surface area (Å²) in [6.07, 6.45) is 3.78. The summed E-state index contributed by atoms with van der Waals surface area (Å²) in [6, 6.07) is 18.7. The summed E-state index contributed by atoms with van der Waals surface area (Å²) >= 11 is 0. The molecule has 1 N–H and O–H groups in total. The fourth-order valence-electron chi connectivity index (χ4n) is 2.31. The quantitative estimate of drug-likeness (QED) is 0.713. The van der Waals surface area contributed by atoms with Crippen LogP contribution < -0.4 is 4.74 Å². The molecule has 4 heteroatoms. The zero-order valence-corrected chi connectivity index (χ0v) is 12.9. The molecule has 0 amide bonds. The second kappa shape index (κ2) is 6.83. The van der Waals surface area contributed by atoms with E-state index in [-0.39, 0.29) is 5.75 Å². The summed E-state index contributed by atoms with van der Waals surface area (Å²) in [5.41, 5.74) is 2.77. The molecule has 0 aliphatic rings. The van der Waals surface area contributed by atoms with Gasteiger partial charge >= 0.3 is 0 Å². The average Bonchev–Trinajstić information content (AvgIpc) is 3.03. The van der Waals surface area contributed by atoms with Crippen molar-refractivity contribution in [2.24, 2.45) is 4.99 Å². The SMILES string of the molecule is CCOc1cccc(N=Cc2cccn2-c2ccc(O)cc2)c1. The van der Waals surface area contributed by atoms with Crippen LogP contribution in [0.3, 0.4) is 0 Å². The summed E-state index contributed by atoms with van der Waals surface area (Å²) in [4.78, 5) is 4.52. The molecule has 1 heterocycles. The minimum atomic E-state index is 0.254. The summed E-state index contributed by atoms with van der Waals surface area (Å²) in [7, 11) is 0. The normalized spacial score (nSPS) is 11.0. The molecule has 3 rings (SSSR count). The average molecular weight is 306 g/mol. The van der Waals surface area contributed by atoms with Crippen molar-refractivity contribution in [2.45, 2.75) is 6.92 Å². The molecule has 3 aromatic rings. The predicted octanol–water partition coefficient (Wildman–Crippen LogP) is 4.33. The lowest BCUT2D eigenvalue weighted by Gasteiger charge is -2.06. The number of aromatic nitrogens is 1. The maximum Gasteiger partial charge on any atom is 0.121 e. The van der Waals surface area contributed by atoms with Gasteiger partial charge in [0.1, 0.15) is 11.5 Å². The molecule has 4 nitrogen and oxygen atoms in total. The summed E-state index contributed by atoms with van der Waals surface area (Å²) < 4.78 is 7.49. The first-order valence-corrected chi connectivity index (χ1v) is 7.50. The van der Waals surface area contributed by atoms with Gasteiger partial charge in [-0.05, 0) is 55.5 Å². The minimum Gasteiger partial charge on any atom is -0.508 e. The number of phenols is 1. The van der Waals surface area contributed by atoms with Crippen LogP contribution in [0.25, 0.3) is 5.69 Å². The summed E-state index contributed by atoms with van der Waals surface area (Å²) in [5, 5.41) is 9.40. The lowest BCUT2D eigenvalue weighted by atomic mass is 10.3. The third kappa shape index (κ3) is 3.61. The Morgan fingerprint density at radius 1 is 1.09 bits per heavy atom. The van der Waals surface area contributed by atoms with E-state index in [1.807, 2.05) is 72.4 Å². The Hall–Kier alpha value is -3.01. The monoisotopic (exact) mass is 306 g/mol. The van der Waals surface area contributed by atoms with Gasteiger partial charge in [-0.25, -0.2) is 0 Å². The van der Waals surface area contributed by atoms with Gasteiger partial charge in [0.25, 0.3) is 0 Å². The fraction of sp³-hybridized carbons (Fsp3) is 0.105. The predicted molar refractivity (Wildman–Crippen MR) is 92.3 cm³/mol. The molecule has 1 aromatic heterocycles. The Balaban J connectivity index is 1.85. The highest BCUT2D eigenvalue weighted by molar-refractivity contribution is 5.81. The molecule has 0 saturated carbocycles. The van der Waals surface area contributed by atoms with Crippen LogP contribution in [-0.4, -0.2) is 22.5 Å². The van der Waals surface area contributed by atoms with E-state index < -0.39 is 0 Å². The number of rotatable bonds is 5. The third-order valence-corrected chi connectivity index (χ3v) is 3.38. The van der Waals surface area contributed by atoms with Crippen molar-refractivity contribution < 1.29 is 9.84 Å². The molecular formula is C19H18N2O2. The maximum absolute atomic E-state index is 9.40. The van der Waals surface area contributed by atoms with Gasteiger partial charge in [0.05, 0.1) is 24.2 Å². The molecule has 0 radical (unpaired) electrons. The fourth-order valence-corrected chi connectivity index (χ4v) is 2.31. The molecule has 116 valence electrons. The third-order valence-electron chi connectivity index (χ3n) is 3.38. The highest BCUT2D eigenvalue weighted by Gasteiger charge is 2.01. The highest BCUT2D eigenvalue weighted by Crippen LogP contribution is 2.20. The smallest absolute Gasteiger partial charge is 0.121 e. The van der Waals surface area contributed by atoms with E-state index in [2.05, 4.69) is 4.99 Å². The van der Waals surface area contributed by atoms with Gasteiger partial charge in [0, 0.05) is 18.0 Å². The van der Waals surface area contributed by atoms with Crippen molar-refractivity contribution in [1.82, 2.24) is 4.57 Å². The Bertz CT molecular complexity index is 804. The number of aliphatic imine (C=N–C) groups is 1. The number of benzene rings is 2. The van der Waals surface area contributed by atoms with Gasteiger partial charge in [0.2, 0.25) is 0 Å². The number of hydrogen-bond donors (Lipinski definition) is 1. The lowest BCUT2D eigenvalue weighted by molar-refractivity contribution is 0.340. The second-order valence-corrected chi connectivity index (χ2v) is 5.01. The maximum atomic E-state index is 9.40. The largest absolute Gasteiger partial charge is 0.508 e. The van der Waals surface area contributed by atoms with Crippen LogP contribution in [0.2, 0.25) is 0 Å². The van der Waals surface area contributed by atoms with Crippen molar-refractivity contribution in [2.75, 3.05) is 6.61 Å². The molecule has 0 saturated heterocycles. The molecule has 2 aromatic carbocycles. The molecule has 0 unspecified atom stereocenters. The summed E-state index contributed by atoms with van der Waals surface area (Å²) in [6.45, 7) is 2.59. The van der Waals surface area contributed by atoms with Gasteiger partial charge in [-0.1, -0.05) is 6.07 Å². The molecular weight excluding hydrogens is 288 g/mol. The minimum absolute atomic E-state index is 0.254. The van der Waals surface area contributed by atoms with E-state index in [9.17, 15) is 5.11 Å². The first kappa shape index (κ1) is 14.9. The second-order valence-electron chi connectivity index (χ2n) is 5.01. The molecule has 23 heavy (non-hydrogen) atoms. The van der Waals surface area contributed by atoms with E-state index in [1.54, 1.807) is 12.1 Å². The molecule has 0 fully saturated rings. The van der Waals surface area contributed by atoms with Gasteiger partial charge in [0.15, 0.2) is 0 Å². The zero-order chi connectivity index (χ0) is 16.1. The molecule has 0 atom stereocenters. The molecule has 0 spiro atoms. The number of aromatic hydroxyl groups is 1. The Morgan fingerprint density at radius 2 is 1.91 bits per heavy atom. The van der Waals surface area contributed by atoms with Crippen LogP contribution in [0.5, 0.6) is 11.5 Å². The van der Waals surface area contributed by atoms with Crippen molar-refractivity contribution in [1.29, 1.82) is 0 Å². The van der Waals surface area contributed by atoms with Gasteiger partial charge < -0.3 is 14.4 Å². The number of ether oxygens (including phenoxy) is 1. The van der Waals surface area contributed by atoms with E-state index in [0.29, 0.717) is 6.61 Å². The van der Waals surface area contributed by atoms with E-state index in [4.69, 9.17) is 4.74 Å². The number of phenolic OH excluding ortho intramolecular Hbond substituents is 1. The standard InChI is InChI=1S/C19H18N2O2/c1-2-23-19-7-3-5-15(13-19)20-14-17-6-4-12-21(17)16-8-10-18(22)11-9-16/h3-14,22H,2H2,1H3. The van der Waals surface area contributed by atoms with Gasteiger partial charge in [-0.2, -0.15) is 0 Å². The van der Waals surface area contributed by atoms with Crippen molar-refractivity contribution >= 4 is 11.9 Å². The van der Waals surface area contributed by atoms with Crippen LogP contribution in [0.1, 0.15) is 12.6 Å². The van der Waals surface area contributed by atoms with Crippen molar-refractivity contribution in [3.8, 4) is 17.2 Å². The first-order chi connectivity index (χ1) is 11.3. The molecule has 0 bridgehead atoms. The lowest BCUT2D eigenvalue weighted by Crippen LogP contribution is -1.97. The molecule has 0 aliphatic heterocycles. The highest BCUT2D eigenvalue weighted by atomic mass is 16.5. The van der Waals surface area contributed by atoms with Crippen LogP contribution in [0.4, 0.5) is 5.69 Å². The summed E-state index contributed by atoms with van der Waals surface area (Å²) in [5.74, 6) is 1.07.